The number of piperazine rings is 1. The van der Waals surface area contributed by atoms with Crippen LogP contribution in [0.2, 0.25) is 0 Å². The van der Waals surface area contributed by atoms with E-state index in [0.717, 1.165) is 39.0 Å². The molecule has 0 spiro atoms. The quantitative estimate of drug-likeness (QED) is 0.442. The van der Waals surface area contributed by atoms with Crippen molar-refractivity contribution >= 4 is 17.3 Å². The highest BCUT2D eigenvalue weighted by atomic mass is 16.6. The molecule has 3 rings (SSSR count). The van der Waals surface area contributed by atoms with E-state index >= 15 is 0 Å². The van der Waals surface area contributed by atoms with Gasteiger partial charge in [0.1, 0.15) is 0 Å². The summed E-state index contributed by atoms with van der Waals surface area (Å²) in [5.41, 5.74) is 3.23. The summed E-state index contributed by atoms with van der Waals surface area (Å²) in [6.07, 6.45) is 1.69. The zero-order valence-corrected chi connectivity index (χ0v) is 17.1. The predicted octanol–water partition coefficient (Wildman–Crippen LogP) is 3.02. The van der Waals surface area contributed by atoms with Crippen LogP contribution in [0.25, 0.3) is 0 Å². The van der Waals surface area contributed by atoms with E-state index in [4.69, 9.17) is 0 Å². The first-order valence-electron chi connectivity index (χ1n) is 10.0. The van der Waals surface area contributed by atoms with Gasteiger partial charge in [-0.3, -0.25) is 14.9 Å². The van der Waals surface area contributed by atoms with Crippen LogP contribution in [0, 0.1) is 17.0 Å². The number of nitrogens with one attached hydrogen (secondary N) is 1. The molecule has 7 heteroatoms. The van der Waals surface area contributed by atoms with E-state index in [1.54, 1.807) is 19.1 Å². The molecule has 1 aliphatic heterocycles. The first-order chi connectivity index (χ1) is 14.0. The molecule has 154 valence electrons. The van der Waals surface area contributed by atoms with Gasteiger partial charge in [-0.05, 0) is 50.6 Å². The van der Waals surface area contributed by atoms with Crippen LogP contribution >= 0.6 is 0 Å². The molecule has 0 bridgehead atoms. The molecular weight excluding hydrogens is 368 g/mol. The van der Waals surface area contributed by atoms with E-state index in [2.05, 4.69) is 46.4 Å². The van der Waals surface area contributed by atoms with Crippen LogP contribution in [0.15, 0.2) is 42.5 Å². The maximum atomic E-state index is 12.4. The topological polar surface area (TPSA) is 78.7 Å². The smallest absolute Gasteiger partial charge is 0.273 e. The minimum Gasteiger partial charge on any atom is -0.369 e. The lowest BCUT2D eigenvalue weighted by molar-refractivity contribution is -0.385. The lowest BCUT2D eigenvalue weighted by atomic mass is 10.1. The summed E-state index contributed by atoms with van der Waals surface area (Å²) in [5.74, 6) is -0.267. The Balaban J connectivity index is 1.46. The zero-order chi connectivity index (χ0) is 20.8. The first-order valence-corrected chi connectivity index (χ1v) is 10.0. The van der Waals surface area contributed by atoms with Gasteiger partial charge >= 0.3 is 0 Å². The maximum absolute atomic E-state index is 12.4. The molecule has 0 aromatic heterocycles. The molecule has 0 radical (unpaired) electrons. The molecule has 1 N–H and O–H groups in total. The molecule has 0 unspecified atom stereocenters. The standard InChI is InChI=1S/C22H28N4O3/c1-17-20(6-3-7-21(17)26(28)29)22(27)23-12-4-5-18-8-10-19(11-9-18)25-15-13-24(2)14-16-25/h3,6-11H,4-5,12-16H2,1-2H3,(H,23,27). The fourth-order valence-corrected chi connectivity index (χ4v) is 3.59. The van der Waals surface area contributed by atoms with Crippen LogP contribution in [-0.2, 0) is 6.42 Å². The summed E-state index contributed by atoms with van der Waals surface area (Å²) in [4.78, 5) is 27.7. The molecule has 29 heavy (non-hydrogen) atoms. The predicted molar refractivity (Wildman–Crippen MR) is 115 cm³/mol. The van der Waals surface area contributed by atoms with Crippen LogP contribution in [0.4, 0.5) is 11.4 Å². The second-order valence-corrected chi connectivity index (χ2v) is 7.52. The Morgan fingerprint density at radius 3 is 2.45 bits per heavy atom. The summed E-state index contributed by atoms with van der Waals surface area (Å²) >= 11 is 0. The number of anilines is 1. The Bertz CT molecular complexity index is 859. The van der Waals surface area contributed by atoms with Gasteiger partial charge < -0.3 is 15.1 Å². The lowest BCUT2D eigenvalue weighted by Crippen LogP contribution is -2.44. The molecule has 1 heterocycles. The Morgan fingerprint density at radius 2 is 1.79 bits per heavy atom. The number of aryl methyl sites for hydroxylation is 1. The van der Waals surface area contributed by atoms with E-state index in [1.165, 1.54) is 17.3 Å². The number of amides is 1. The van der Waals surface area contributed by atoms with Crippen molar-refractivity contribution in [2.24, 2.45) is 0 Å². The van der Waals surface area contributed by atoms with Gasteiger partial charge in [-0.15, -0.1) is 0 Å². The van der Waals surface area contributed by atoms with Gasteiger partial charge in [-0.1, -0.05) is 18.2 Å². The molecule has 7 nitrogen and oxygen atoms in total. The van der Waals surface area contributed by atoms with Crippen LogP contribution in [0.5, 0.6) is 0 Å². The molecule has 1 saturated heterocycles. The highest BCUT2D eigenvalue weighted by molar-refractivity contribution is 5.96. The second-order valence-electron chi connectivity index (χ2n) is 7.52. The molecule has 2 aromatic rings. The van der Waals surface area contributed by atoms with Gasteiger partial charge in [0.2, 0.25) is 0 Å². The number of hydrogen-bond donors (Lipinski definition) is 1. The Kier molecular flexibility index (Phi) is 6.82. The Hall–Kier alpha value is -2.93. The van der Waals surface area contributed by atoms with Crippen molar-refractivity contribution in [3.63, 3.8) is 0 Å². The van der Waals surface area contributed by atoms with Crippen molar-refractivity contribution < 1.29 is 9.72 Å². The minimum atomic E-state index is -0.460. The fraction of sp³-hybridized carbons (Fsp3) is 0.409. The van der Waals surface area contributed by atoms with Gasteiger partial charge in [0.25, 0.3) is 11.6 Å². The van der Waals surface area contributed by atoms with Crippen molar-refractivity contribution in [3.8, 4) is 0 Å². The van der Waals surface area contributed by atoms with Crippen molar-refractivity contribution in [3.05, 3.63) is 69.3 Å². The maximum Gasteiger partial charge on any atom is 0.273 e. The highest BCUT2D eigenvalue weighted by Gasteiger charge is 2.17. The number of nitro benzene ring substituents is 1. The summed E-state index contributed by atoms with van der Waals surface area (Å²) < 4.78 is 0. The third-order valence-corrected chi connectivity index (χ3v) is 5.48. The molecule has 0 atom stereocenters. The van der Waals surface area contributed by atoms with Crippen molar-refractivity contribution in [1.82, 2.24) is 10.2 Å². The highest BCUT2D eigenvalue weighted by Crippen LogP contribution is 2.21. The van der Waals surface area contributed by atoms with Crippen LogP contribution in [-0.4, -0.2) is 55.5 Å². The summed E-state index contributed by atoms with van der Waals surface area (Å²) in [7, 11) is 2.15. The zero-order valence-electron chi connectivity index (χ0n) is 17.1. The fourth-order valence-electron chi connectivity index (χ4n) is 3.59. The van der Waals surface area contributed by atoms with Crippen molar-refractivity contribution in [2.75, 3.05) is 44.7 Å². The average Bonchev–Trinajstić information content (AvgIpc) is 2.72. The lowest BCUT2D eigenvalue weighted by Gasteiger charge is -2.34. The number of rotatable bonds is 7. The third kappa shape index (κ3) is 5.32. The van der Waals surface area contributed by atoms with E-state index < -0.39 is 4.92 Å². The summed E-state index contributed by atoms with van der Waals surface area (Å²) in [6, 6.07) is 13.2. The normalized spacial score (nSPS) is 14.6. The van der Waals surface area contributed by atoms with Crippen LogP contribution in [0.3, 0.4) is 0 Å². The number of hydrogen-bond acceptors (Lipinski definition) is 5. The number of likely N-dealkylation sites (N-methyl/N-ethyl adjacent to an activating group) is 1. The number of benzene rings is 2. The van der Waals surface area contributed by atoms with Crippen LogP contribution < -0.4 is 10.2 Å². The monoisotopic (exact) mass is 396 g/mol. The molecule has 1 aliphatic rings. The number of nitro groups is 1. The minimum absolute atomic E-state index is 0.0295. The van der Waals surface area contributed by atoms with E-state index in [9.17, 15) is 14.9 Å². The van der Waals surface area contributed by atoms with Gasteiger partial charge in [0.05, 0.1) is 4.92 Å². The van der Waals surface area contributed by atoms with Crippen LogP contribution in [0.1, 0.15) is 27.9 Å². The Labute approximate surface area is 171 Å². The SMILES string of the molecule is Cc1c(C(=O)NCCCc2ccc(N3CCN(C)CC3)cc2)cccc1[N+](=O)[O-]. The third-order valence-electron chi connectivity index (χ3n) is 5.48. The summed E-state index contributed by atoms with van der Waals surface area (Å²) in [5, 5.41) is 13.9. The second kappa shape index (κ2) is 9.52. The number of carbonyl (C=O) groups excluding carboxylic acids is 1. The largest absolute Gasteiger partial charge is 0.369 e. The molecule has 0 aliphatic carbocycles. The van der Waals surface area contributed by atoms with Gasteiger partial charge in [0, 0.05) is 55.6 Å². The number of carbonyl (C=O) groups is 1. The first kappa shape index (κ1) is 20.8. The summed E-state index contributed by atoms with van der Waals surface area (Å²) in [6.45, 7) is 6.42. The van der Waals surface area contributed by atoms with Crippen molar-refractivity contribution in [1.29, 1.82) is 0 Å². The van der Waals surface area contributed by atoms with Gasteiger partial charge in [-0.2, -0.15) is 0 Å². The van der Waals surface area contributed by atoms with E-state index in [-0.39, 0.29) is 11.6 Å². The van der Waals surface area contributed by atoms with Gasteiger partial charge in [0.15, 0.2) is 0 Å². The van der Waals surface area contributed by atoms with E-state index in [0.29, 0.717) is 17.7 Å². The molecular formula is C22H28N4O3. The number of nitrogens with zero attached hydrogens (tertiary/aromatic N) is 3. The average molecular weight is 396 g/mol. The van der Waals surface area contributed by atoms with E-state index in [1.807, 2.05) is 0 Å². The van der Waals surface area contributed by atoms with Gasteiger partial charge in [-0.25, -0.2) is 0 Å². The molecule has 2 aromatic carbocycles. The Morgan fingerprint density at radius 1 is 1.10 bits per heavy atom. The molecule has 1 fully saturated rings. The molecule has 0 saturated carbocycles. The molecule has 1 amide bonds. The van der Waals surface area contributed by atoms with Crippen molar-refractivity contribution in [2.45, 2.75) is 19.8 Å².